The number of nitrogens with one attached hydrogen (secondary N) is 2. The maximum atomic E-state index is 13.9. The summed E-state index contributed by atoms with van der Waals surface area (Å²) < 4.78 is 21.4. The quantitative estimate of drug-likeness (QED) is 0.464. The molecule has 2 bridgehead atoms. The van der Waals surface area contributed by atoms with E-state index in [0.717, 1.165) is 37.6 Å². The molecule has 5 rings (SSSR count). The van der Waals surface area contributed by atoms with Gasteiger partial charge in [-0.3, -0.25) is 19.2 Å². The molecule has 2 atom stereocenters. The Balaban J connectivity index is 0.00000107. The van der Waals surface area contributed by atoms with Gasteiger partial charge >= 0.3 is 0 Å². The molecular formula is C25H31FN6O6. The van der Waals surface area contributed by atoms with Gasteiger partial charge in [0.15, 0.2) is 0 Å². The normalized spacial score (nSPS) is 21.7. The third kappa shape index (κ3) is 6.09. The van der Waals surface area contributed by atoms with E-state index in [-0.39, 0.29) is 73.6 Å². The summed E-state index contributed by atoms with van der Waals surface area (Å²) in [6.45, 7) is 0.949. The fraction of sp³-hybridized carbons (Fsp3) is 0.520. The van der Waals surface area contributed by atoms with Crippen molar-refractivity contribution in [1.29, 1.82) is 0 Å². The van der Waals surface area contributed by atoms with Gasteiger partial charge in [0.05, 0.1) is 12.1 Å². The lowest BCUT2D eigenvalue weighted by Gasteiger charge is -2.30. The summed E-state index contributed by atoms with van der Waals surface area (Å²) >= 11 is 0. The second-order valence-corrected chi connectivity index (χ2v) is 9.36. The van der Waals surface area contributed by atoms with Crippen LogP contribution < -0.4 is 15.4 Å². The Kier molecular flexibility index (Phi) is 8.87. The van der Waals surface area contributed by atoms with Crippen LogP contribution in [0.15, 0.2) is 18.2 Å². The molecule has 1 saturated heterocycles. The highest BCUT2D eigenvalue weighted by Crippen LogP contribution is 2.29. The highest BCUT2D eigenvalue weighted by Gasteiger charge is 2.40. The minimum absolute atomic E-state index is 0.0728. The molecule has 0 unspecified atom stereocenters. The van der Waals surface area contributed by atoms with Gasteiger partial charge in [-0.25, -0.2) is 4.39 Å². The van der Waals surface area contributed by atoms with Crippen molar-refractivity contribution in [3.05, 3.63) is 41.2 Å². The van der Waals surface area contributed by atoms with Gasteiger partial charge in [-0.15, -0.1) is 10.2 Å². The Hall–Kier alpha value is -4.03. The number of carbonyl (C=O) groups excluding carboxylic acids is 3. The number of halogens is 1. The Labute approximate surface area is 218 Å². The molecule has 3 aliphatic heterocycles. The Morgan fingerprint density at radius 2 is 1.92 bits per heavy atom. The average molecular weight is 531 g/mol. The van der Waals surface area contributed by atoms with Crippen molar-refractivity contribution in [2.45, 2.75) is 63.6 Å². The third-order valence-corrected chi connectivity index (χ3v) is 6.94. The zero-order chi connectivity index (χ0) is 27.1. The summed E-state index contributed by atoms with van der Waals surface area (Å²) in [7, 11) is 0. The number of fused-ring (bicyclic) bond motifs is 4. The van der Waals surface area contributed by atoms with E-state index in [2.05, 4.69) is 20.8 Å². The molecule has 1 aromatic heterocycles. The first-order valence-electron chi connectivity index (χ1n) is 12.7. The zero-order valence-electron chi connectivity index (χ0n) is 20.9. The SMILES string of the molecule is O=C1C[C@@H]2CC[C@H](CNC(=O)c3cc(F)ccc3OCCN1)N2C(=O)c1nnc2n1CCCCC2.O=CO. The van der Waals surface area contributed by atoms with Crippen molar-refractivity contribution in [2.24, 2.45) is 0 Å². The Morgan fingerprint density at radius 3 is 2.74 bits per heavy atom. The van der Waals surface area contributed by atoms with Crippen molar-refractivity contribution in [1.82, 2.24) is 30.3 Å². The van der Waals surface area contributed by atoms with Crippen LogP contribution in [0.2, 0.25) is 0 Å². The maximum absolute atomic E-state index is 13.9. The molecule has 2 aromatic rings. The molecule has 0 radical (unpaired) electrons. The zero-order valence-corrected chi connectivity index (χ0v) is 20.9. The third-order valence-electron chi connectivity index (χ3n) is 6.94. The first kappa shape index (κ1) is 27.0. The molecule has 0 aliphatic carbocycles. The minimum atomic E-state index is -0.554. The number of amides is 3. The van der Waals surface area contributed by atoms with E-state index in [1.807, 2.05) is 4.57 Å². The molecule has 0 spiro atoms. The van der Waals surface area contributed by atoms with Crippen LogP contribution in [0.5, 0.6) is 5.75 Å². The lowest BCUT2D eigenvalue weighted by molar-refractivity contribution is -0.123. The fourth-order valence-electron chi connectivity index (χ4n) is 5.20. The van der Waals surface area contributed by atoms with E-state index in [0.29, 0.717) is 19.4 Å². The number of ether oxygens (including phenoxy) is 1. The molecule has 1 fully saturated rings. The Morgan fingerprint density at radius 1 is 1.13 bits per heavy atom. The van der Waals surface area contributed by atoms with Gasteiger partial charge in [0.1, 0.15) is 24.0 Å². The van der Waals surface area contributed by atoms with Crippen molar-refractivity contribution in [3.8, 4) is 5.75 Å². The average Bonchev–Trinajstić information content (AvgIpc) is 3.41. The van der Waals surface area contributed by atoms with Crippen LogP contribution >= 0.6 is 0 Å². The van der Waals surface area contributed by atoms with Gasteiger partial charge < -0.3 is 29.9 Å². The predicted octanol–water partition coefficient (Wildman–Crippen LogP) is 1.15. The molecule has 38 heavy (non-hydrogen) atoms. The van der Waals surface area contributed by atoms with Gasteiger partial charge in [-0.2, -0.15) is 0 Å². The maximum Gasteiger partial charge on any atom is 0.292 e. The van der Waals surface area contributed by atoms with E-state index in [1.54, 1.807) is 4.90 Å². The largest absolute Gasteiger partial charge is 0.491 e. The topological polar surface area (TPSA) is 156 Å². The second kappa shape index (κ2) is 12.5. The van der Waals surface area contributed by atoms with E-state index in [4.69, 9.17) is 14.6 Å². The Bertz CT molecular complexity index is 1190. The van der Waals surface area contributed by atoms with Crippen LogP contribution in [0.4, 0.5) is 4.39 Å². The number of hydrogen-bond acceptors (Lipinski definition) is 7. The van der Waals surface area contributed by atoms with Crippen LogP contribution in [0.3, 0.4) is 0 Å². The summed E-state index contributed by atoms with van der Waals surface area (Å²) in [6.07, 6.45) is 5.22. The summed E-state index contributed by atoms with van der Waals surface area (Å²) in [5.74, 6) is -0.161. The highest BCUT2D eigenvalue weighted by atomic mass is 19.1. The first-order chi connectivity index (χ1) is 18.4. The fourth-order valence-corrected chi connectivity index (χ4v) is 5.20. The van der Waals surface area contributed by atoms with Gasteiger partial charge in [-0.05, 0) is 43.9 Å². The molecule has 4 heterocycles. The molecule has 3 aliphatic rings. The van der Waals surface area contributed by atoms with Crippen molar-refractivity contribution in [3.63, 3.8) is 0 Å². The molecular weight excluding hydrogens is 499 g/mol. The summed E-state index contributed by atoms with van der Waals surface area (Å²) in [5, 5.41) is 21.0. The number of aromatic nitrogens is 3. The molecule has 204 valence electrons. The van der Waals surface area contributed by atoms with Crippen LogP contribution in [-0.4, -0.2) is 80.7 Å². The van der Waals surface area contributed by atoms with E-state index < -0.39 is 11.7 Å². The van der Waals surface area contributed by atoms with Crippen molar-refractivity contribution in [2.75, 3.05) is 19.7 Å². The van der Waals surface area contributed by atoms with Crippen LogP contribution in [0.25, 0.3) is 0 Å². The smallest absolute Gasteiger partial charge is 0.292 e. The predicted molar refractivity (Wildman–Crippen MR) is 131 cm³/mol. The molecule has 3 N–H and O–H groups in total. The lowest BCUT2D eigenvalue weighted by Crippen LogP contribution is -2.48. The molecule has 1 aromatic carbocycles. The summed E-state index contributed by atoms with van der Waals surface area (Å²) in [6, 6.07) is 3.09. The molecule has 13 heteroatoms. The number of carbonyl (C=O) groups is 4. The number of carboxylic acid groups (broad SMARTS) is 1. The van der Waals surface area contributed by atoms with Crippen molar-refractivity contribution >= 4 is 24.2 Å². The molecule has 0 saturated carbocycles. The van der Waals surface area contributed by atoms with E-state index >= 15 is 0 Å². The molecule has 3 amide bonds. The van der Waals surface area contributed by atoms with Crippen molar-refractivity contribution < 1.29 is 33.4 Å². The van der Waals surface area contributed by atoms with Crippen LogP contribution in [-0.2, 0) is 22.6 Å². The number of rotatable bonds is 1. The minimum Gasteiger partial charge on any atom is -0.491 e. The van der Waals surface area contributed by atoms with Gasteiger partial charge in [-0.1, -0.05) is 6.42 Å². The monoisotopic (exact) mass is 530 g/mol. The highest BCUT2D eigenvalue weighted by molar-refractivity contribution is 5.97. The van der Waals surface area contributed by atoms with Gasteiger partial charge in [0.25, 0.3) is 18.3 Å². The number of benzene rings is 1. The van der Waals surface area contributed by atoms with Gasteiger partial charge in [0, 0.05) is 38.0 Å². The van der Waals surface area contributed by atoms with Crippen LogP contribution in [0.1, 0.15) is 65.3 Å². The lowest BCUT2D eigenvalue weighted by atomic mass is 10.1. The van der Waals surface area contributed by atoms with E-state index in [9.17, 15) is 18.8 Å². The summed E-state index contributed by atoms with van der Waals surface area (Å²) in [4.78, 5) is 49.4. The number of aryl methyl sites for hydroxylation is 1. The number of hydrogen-bond donors (Lipinski definition) is 3. The second-order valence-electron chi connectivity index (χ2n) is 9.36. The standard InChI is InChI=1S/C24H29FN6O4.CH2O2/c25-15-5-8-19-18(12-15)23(33)27-14-17-7-6-16(13-21(32)26-9-11-35-19)31(17)24(34)22-29-28-20-4-2-1-3-10-30(20)22;2-1-3/h5,8,12,16-17H,1-4,6-7,9-11,13-14H2,(H,26,32)(H,27,33);1H,(H,2,3)/t16-,17+;/m0./s1. The van der Waals surface area contributed by atoms with Gasteiger partial charge in [0.2, 0.25) is 11.7 Å². The summed E-state index contributed by atoms with van der Waals surface area (Å²) in [5.41, 5.74) is 0.0728. The first-order valence-corrected chi connectivity index (χ1v) is 12.7. The van der Waals surface area contributed by atoms with E-state index in [1.165, 1.54) is 12.1 Å². The molecule has 12 nitrogen and oxygen atoms in total. The number of nitrogens with zero attached hydrogens (tertiary/aromatic N) is 4. The van der Waals surface area contributed by atoms with Crippen LogP contribution in [0, 0.1) is 5.82 Å².